The molecule has 0 bridgehead atoms. The second-order valence-corrected chi connectivity index (χ2v) is 11.9. The van der Waals surface area contributed by atoms with Gasteiger partial charge in [-0.25, -0.2) is 0 Å². The van der Waals surface area contributed by atoms with Gasteiger partial charge in [-0.05, 0) is 61.7 Å². The number of aliphatic imine (C=N–C) groups is 1. The molecule has 0 saturated carbocycles. The van der Waals surface area contributed by atoms with Gasteiger partial charge in [-0.2, -0.15) is 0 Å². The summed E-state index contributed by atoms with van der Waals surface area (Å²) in [4.78, 5) is 4.93. The summed E-state index contributed by atoms with van der Waals surface area (Å²) in [6, 6.07) is 21.3. The van der Waals surface area contributed by atoms with Crippen molar-refractivity contribution < 1.29 is 9.47 Å². The van der Waals surface area contributed by atoms with Crippen molar-refractivity contribution in [3.05, 3.63) is 88.5 Å². The summed E-state index contributed by atoms with van der Waals surface area (Å²) in [7, 11) is 2.23. The molecule has 0 spiro atoms. The van der Waals surface area contributed by atoms with Crippen molar-refractivity contribution in [2.75, 3.05) is 13.9 Å². The molecule has 2 unspecified atom stereocenters. The van der Waals surface area contributed by atoms with Gasteiger partial charge in [-0.1, -0.05) is 90.4 Å². The molecular formula is C31H40NO2P. The lowest BCUT2D eigenvalue weighted by Gasteiger charge is -2.32. The average Bonchev–Trinajstić information content (AvgIpc) is 2.84. The van der Waals surface area contributed by atoms with E-state index < -0.39 is 0 Å². The van der Waals surface area contributed by atoms with Gasteiger partial charge in [0.05, 0.1) is 5.69 Å². The van der Waals surface area contributed by atoms with E-state index in [1.54, 1.807) is 7.11 Å². The molecule has 0 aliphatic heterocycles. The lowest BCUT2D eigenvalue weighted by Crippen LogP contribution is -2.22. The number of para-hydroxylation sites is 1. The van der Waals surface area contributed by atoms with Crippen LogP contribution in [0.25, 0.3) is 0 Å². The molecule has 0 amide bonds. The highest BCUT2D eigenvalue weighted by atomic mass is 31.1. The Kier molecular flexibility index (Phi) is 9.27. The first-order valence-electron chi connectivity index (χ1n) is 12.4. The number of hydrogen-bond donors (Lipinski definition) is 0. The van der Waals surface area contributed by atoms with Crippen molar-refractivity contribution in [2.45, 2.75) is 66.0 Å². The SMILES string of the molecule is CCC(C)c1cc(C)cc(C(C)(C)Pc2c(C)cccc2/C(C)=N/c2ccccc2)c1OCOC. The van der Waals surface area contributed by atoms with E-state index in [2.05, 4.69) is 78.8 Å². The lowest BCUT2D eigenvalue weighted by atomic mass is 9.89. The summed E-state index contributed by atoms with van der Waals surface area (Å²) in [5.41, 5.74) is 8.31. The first-order chi connectivity index (χ1) is 16.7. The van der Waals surface area contributed by atoms with E-state index in [9.17, 15) is 0 Å². The molecule has 3 aromatic rings. The fraction of sp³-hybridized carbons (Fsp3) is 0.387. The molecule has 35 heavy (non-hydrogen) atoms. The molecule has 0 radical (unpaired) electrons. The second-order valence-electron chi connectivity index (χ2n) is 9.87. The van der Waals surface area contributed by atoms with Crippen LogP contribution in [0.3, 0.4) is 0 Å². The highest BCUT2D eigenvalue weighted by Crippen LogP contribution is 2.48. The van der Waals surface area contributed by atoms with Crippen LogP contribution in [0.1, 0.15) is 74.8 Å². The Bertz CT molecular complexity index is 1170. The topological polar surface area (TPSA) is 30.8 Å². The van der Waals surface area contributed by atoms with E-state index in [1.807, 2.05) is 30.3 Å². The predicted octanol–water partition coefficient (Wildman–Crippen LogP) is 8.18. The highest BCUT2D eigenvalue weighted by Gasteiger charge is 2.30. The molecule has 4 heteroatoms. The molecular weight excluding hydrogens is 449 g/mol. The van der Waals surface area contributed by atoms with Crippen molar-refractivity contribution >= 4 is 25.3 Å². The van der Waals surface area contributed by atoms with Crippen LogP contribution in [0.4, 0.5) is 5.69 Å². The standard InChI is InChI=1S/C31H40NO2P/c1-9-22(3)27-18-21(2)19-28(29(27)34-20-33-8)31(6,7)35-30-23(4)14-13-17-26(30)24(5)32-25-15-11-10-12-16-25/h10-19,22,35H,9,20H2,1-8H3/b32-24+. The predicted molar refractivity (Wildman–Crippen MR) is 153 cm³/mol. The third-order valence-electron chi connectivity index (χ3n) is 6.55. The second kappa shape index (κ2) is 12.0. The lowest BCUT2D eigenvalue weighted by molar-refractivity contribution is 0.0491. The van der Waals surface area contributed by atoms with Gasteiger partial charge in [-0.3, -0.25) is 4.99 Å². The average molecular weight is 490 g/mol. The first kappa shape index (κ1) is 27.1. The number of methoxy groups -OCH3 is 1. The van der Waals surface area contributed by atoms with E-state index in [1.165, 1.54) is 33.1 Å². The maximum atomic E-state index is 6.26. The molecule has 0 aliphatic carbocycles. The van der Waals surface area contributed by atoms with Gasteiger partial charge in [0.25, 0.3) is 0 Å². The Hall–Kier alpha value is -2.48. The van der Waals surface area contributed by atoms with Crippen LogP contribution in [-0.2, 0) is 9.89 Å². The maximum Gasteiger partial charge on any atom is 0.188 e. The van der Waals surface area contributed by atoms with Gasteiger partial charge in [0.2, 0.25) is 0 Å². The monoisotopic (exact) mass is 489 g/mol. The van der Waals surface area contributed by atoms with E-state index in [4.69, 9.17) is 14.5 Å². The zero-order valence-corrected chi connectivity index (χ0v) is 23.5. The molecule has 0 N–H and O–H groups in total. The zero-order chi connectivity index (χ0) is 25.6. The summed E-state index contributed by atoms with van der Waals surface area (Å²) in [5, 5.41) is 1.23. The minimum atomic E-state index is -0.134. The molecule has 0 saturated heterocycles. The molecule has 186 valence electrons. The Morgan fingerprint density at radius 1 is 1.03 bits per heavy atom. The summed E-state index contributed by atoms with van der Waals surface area (Å²) >= 11 is 0. The fourth-order valence-corrected chi connectivity index (χ4v) is 6.03. The maximum absolute atomic E-state index is 6.26. The van der Waals surface area contributed by atoms with Crippen molar-refractivity contribution in [2.24, 2.45) is 4.99 Å². The Morgan fingerprint density at radius 3 is 2.40 bits per heavy atom. The van der Waals surface area contributed by atoms with Crippen LogP contribution in [0.2, 0.25) is 0 Å². The molecule has 3 aromatic carbocycles. The van der Waals surface area contributed by atoms with Gasteiger partial charge < -0.3 is 9.47 Å². The van der Waals surface area contributed by atoms with Crippen LogP contribution in [-0.4, -0.2) is 19.6 Å². The molecule has 3 rings (SSSR count). The van der Waals surface area contributed by atoms with Gasteiger partial charge in [0.15, 0.2) is 6.79 Å². The number of rotatable bonds is 10. The minimum Gasteiger partial charge on any atom is -0.467 e. The van der Waals surface area contributed by atoms with Gasteiger partial charge >= 0.3 is 0 Å². The minimum absolute atomic E-state index is 0.134. The smallest absolute Gasteiger partial charge is 0.188 e. The summed E-state index contributed by atoms with van der Waals surface area (Å²) < 4.78 is 11.6. The number of benzene rings is 3. The molecule has 0 fully saturated rings. The molecule has 0 heterocycles. The molecule has 0 aromatic heterocycles. The van der Waals surface area contributed by atoms with Crippen molar-refractivity contribution in [3.63, 3.8) is 0 Å². The number of nitrogens with zero attached hydrogens (tertiary/aromatic N) is 1. The normalized spacial score (nSPS) is 13.4. The van der Waals surface area contributed by atoms with Gasteiger partial charge in [0.1, 0.15) is 5.75 Å². The van der Waals surface area contributed by atoms with E-state index in [0.29, 0.717) is 14.5 Å². The van der Waals surface area contributed by atoms with Gasteiger partial charge in [-0.15, -0.1) is 0 Å². The van der Waals surface area contributed by atoms with E-state index >= 15 is 0 Å². The fourth-order valence-electron chi connectivity index (χ4n) is 4.40. The van der Waals surface area contributed by atoms with Crippen LogP contribution in [0.5, 0.6) is 5.75 Å². The Labute approximate surface area is 213 Å². The number of aryl methyl sites for hydroxylation is 2. The first-order valence-corrected chi connectivity index (χ1v) is 13.4. The summed E-state index contributed by atoms with van der Waals surface area (Å²) in [6.45, 7) is 15.9. The van der Waals surface area contributed by atoms with Crippen LogP contribution in [0, 0.1) is 13.8 Å². The summed E-state index contributed by atoms with van der Waals surface area (Å²) in [6.07, 6.45) is 1.06. The third kappa shape index (κ3) is 6.60. The Morgan fingerprint density at radius 2 is 1.74 bits per heavy atom. The number of ether oxygens (including phenoxy) is 2. The quantitative estimate of drug-likeness (QED) is 0.163. The van der Waals surface area contributed by atoms with Crippen LogP contribution >= 0.6 is 8.58 Å². The number of hydrogen-bond acceptors (Lipinski definition) is 3. The van der Waals surface area contributed by atoms with Crippen LogP contribution in [0.15, 0.2) is 65.7 Å². The molecule has 0 aliphatic rings. The van der Waals surface area contributed by atoms with Crippen LogP contribution < -0.4 is 10.0 Å². The largest absolute Gasteiger partial charge is 0.467 e. The van der Waals surface area contributed by atoms with Crippen molar-refractivity contribution in [1.29, 1.82) is 0 Å². The zero-order valence-electron chi connectivity index (χ0n) is 22.5. The van der Waals surface area contributed by atoms with Gasteiger partial charge in [0, 0.05) is 29.1 Å². The molecule has 2 atom stereocenters. The summed E-state index contributed by atoms with van der Waals surface area (Å²) in [5.74, 6) is 1.39. The van der Waals surface area contributed by atoms with E-state index in [-0.39, 0.29) is 11.9 Å². The van der Waals surface area contributed by atoms with E-state index in [0.717, 1.165) is 23.6 Å². The van der Waals surface area contributed by atoms with Crippen molar-refractivity contribution in [3.8, 4) is 5.75 Å². The molecule has 3 nitrogen and oxygen atoms in total. The highest BCUT2D eigenvalue weighted by molar-refractivity contribution is 7.48. The third-order valence-corrected chi connectivity index (χ3v) is 8.36. The Balaban J connectivity index is 2.10. The van der Waals surface area contributed by atoms with Crippen molar-refractivity contribution in [1.82, 2.24) is 0 Å².